The average Bonchev–Trinajstić information content (AvgIpc) is 2.17. The number of hydrogen-bond donors (Lipinski definition) is 0. The normalized spacial score (nSPS) is 10.0. The quantitative estimate of drug-likeness (QED) is 0.631. The van der Waals surface area contributed by atoms with E-state index >= 15 is 0 Å². The first-order valence-corrected chi connectivity index (χ1v) is 3.77. The van der Waals surface area contributed by atoms with Crippen molar-refractivity contribution >= 4 is 11.8 Å². The third-order valence-electron chi connectivity index (χ3n) is 0.927. The Labute approximate surface area is 58.6 Å². The van der Waals surface area contributed by atoms with Crippen molar-refractivity contribution in [2.45, 2.75) is 12.7 Å². The summed E-state index contributed by atoms with van der Waals surface area (Å²) in [5.41, 5.74) is 0.965. The number of aryl methyl sites for hydroxylation is 1. The zero-order valence-corrected chi connectivity index (χ0v) is 6.07. The molecule has 0 aliphatic heterocycles. The molecule has 0 saturated heterocycles. The third-order valence-corrected chi connectivity index (χ3v) is 1.43. The molecule has 1 radical (unpaired) electrons. The van der Waals surface area contributed by atoms with Gasteiger partial charge in [0.15, 0.2) is 0 Å². The van der Waals surface area contributed by atoms with Crippen LogP contribution >= 0.6 is 11.8 Å². The van der Waals surface area contributed by atoms with E-state index in [1.165, 1.54) is 11.8 Å². The Kier molecular flexibility index (Phi) is 2.16. The zero-order valence-electron chi connectivity index (χ0n) is 5.26. The molecule has 0 aliphatic carbocycles. The highest BCUT2D eigenvalue weighted by molar-refractivity contribution is 7.99. The molecule has 2 nitrogen and oxygen atoms in total. The van der Waals surface area contributed by atoms with Gasteiger partial charge >= 0.3 is 0 Å². The molecule has 0 bridgehead atoms. The van der Waals surface area contributed by atoms with E-state index in [-0.39, 0.29) is 0 Å². The Hall–Kier alpha value is -0.440. The van der Waals surface area contributed by atoms with Gasteiger partial charge in [-0.15, -0.1) is 0 Å². The van der Waals surface area contributed by atoms with Crippen LogP contribution in [0.15, 0.2) is 10.6 Å². The summed E-state index contributed by atoms with van der Waals surface area (Å²) in [6.07, 6.45) is 3.63. The van der Waals surface area contributed by atoms with Gasteiger partial charge in [-0.1, -0.05) is 5.16 Å². The fourth-order valence-electron chi connectivity index (χ4n) is 0.591. The lowest BCUT2D eigenvalue weighted by Gasteiger charge is -1.83. The molecule has 0 aromatic carbocycles. The summed E-state index contributed by atoms with van der Waals surface area (Å²) >= 11 is 1.50. The van der Waals surface area contributed by atoms with Crippen LogP contribution in [0.1, 0.15) is 11.5 Å². The van der Waals surface area contributed by atoms with Gasteiger partial charge in [-0.25, -0.2) is 0 Å². The van der Waals surface area contributed by atoms with Crippen LogP contribution in [0.2, 0.25) is 0 Å². The minimum atomic E-state index is 0.831. The van der Waals surface area contributed by atoms with E-state index < -0.39 is 0 Å². The van der Waals surface area contributed by atoms with Gasteiger partial charge in [0.05, 0.1) is 5.69 Å². The molecule has 0 amide bonds. The second-order valence-corrected chi connectivity index (χ2v) is 2.47. The van der Waals surface area contributed by atoms with Crippen LogP contribution in [0.4, 0.5) is 0 Å². The lowest BCUT2D eigenvalue weighted by molar-refractivity contribution is 0.393. The maximum absolute atomic E-state index is 4.83. The highest BCUT2D eigenvalue weighted by Crippen LogP contribution is 2.09. The van der Waals surface area contributed by atoms with Crippen molar-refractivity contribution in [2.24, 2.45) is 0 Å². The molecule has 0 unspecified atom stereocenters. The third kappa shape index (κ3) is 1.75. The molecule has 0 fully saturated rings. The van der Waals surface area contributed by atoms with E-state index in [1.54, 1.807) is 0 Å². The monoisotopic (exact) mass is 142 g/mol. The second kappa shape index (κ2) is 2.92. The van der Waals surface area contributed by atoms with Crippen molar-refractivity contribution in [3.05, 3.63) is 23.8 Å². The van der Waals surface area contributed by atoms with Gasteiger partial charge in [-0.05, 0) is 6.92 Å². The van der Waals surface area contributed by atoms with Crippen LogP contribution in [0.5, 0.6) is 0 Å². The number of aromatic nitrogens is 1. The van der Waals surface area contributed by atoms with Gasteiger partial charge in [0.1, 0.15) is 5.76 Å². The SMILES string of the molecule is [CH2]SCc1cc(C)on1. The molecule has 1 heterocycles. The highest BCUT2D eigenvalue weighted by atomic mass is 32.2. The van der Waals surface area contributed by atoms with Crippen LogP contribution < -0.4 is 0 Å². The van der Waals surface area contributed by atoms with Gasteiger partial charge < -0.3 is 4.52 Å². The summed E-state index contributed by atoms with van der Waals surface area (Å²) in [6, 6.07) is 1.91. The van der Waals surface area contributed by atoms with Crippen LogP contribution in [-0.4, -0.2) is 5.16 Å². The largest absolute Gasteiger partial charge is 0.361 e. The Morgan fingerprint density at radius 2 is 2.67 bits per heavy atom. The summed E-state index contributed by atoms with van der Waals surface area (Å²) in [5.74, 6) is 1.69. The van der Waals surface area contributed by atoms with Gasteiger partial charge in [-0.3, -0.25) is 0 Å². The summed E-state index contributed by atoms with van der Waals surface area (Å²) in [4.78, 5) is 0. The lowest BCUT2D eigenvalue weighted by Crippen LogP contribution is -1.73. The molecule has 0 spiro atoms. The van der Waals surface area contributed by atoms with Crippen molar-refractivity contribution in [1.29, 1.82) is 0 Å². The molecule has 9 heavy (non-hydrogen) atoms. The summed E-state index contributed by atoms with van der Waals surface area (Å²) < 4.78 is 4.83. The minimum Gasteiger partial charge on any atom is -0.361 e. The predicted octanol–water partition coefficient (Wildman–Crippen LogP) is 2.01. The van der Waals surface area contributed by atoms with E-state index in [4.69, 9.17) is 4.52 Å². The number of rotatable bonds is 2. The fraction of sp³-hybridized carbons (Fsp3) is 0.333. The Balaban J connectivity index is 2.61. The van der Waals surface area contributed by atoms with Crippen molar-refractivity contribution in [1.82, 2.24) is 5.16 Å². The molecule has 0 aliphatic rings. The van der Waals surface area contributed by atoms with Gasteiger partial charge in [0, 0.05) is 18.1 Å². The fourth-order valence-corrected chi connectivity index (χ4v) is 0.936. The van der Waals surface area contributed by atoms with E-state index in [9.17, 15) is 0 Å². The molecule has 0 atom stereocenters. The molecular formula is C6H8NOS. The van der Waals surface area contributed by atoms with Crippen molar-refractivity contribution in [3.8, 4) is 0 Å². The molecule has 1 aromatic rings. The first kappa shape index (κ1) is 6.68. The van der Waals surface area contributed by atoms with Gasteiger partial charge in [0.2, 0.25) is 0 Å². The van der Waals surface area contributed by atoms with Crippen molar-refractivity contribution in [3.63, 3.8) is 0 Å². The summed E-state index contributed by atoms with van der Waals surface area (Å²) in [5, 5.41) is 3.77. The highest BCUT2D eigenvalue weighted by Gasteiger charge is 1.96. The van der Waals surface area contributed by atoms with Gasteiger partial charge in [-0.2, -0.15) is 11.8 Å². The smallest absolute Gasteiger partial charge is 0.133 e. The van der Waals surface area contributed by atoms with Crippen LogP contribution in [0.3, 0.4) is 0 Å². The van der Waals surface area contributed by atoms with Crippen molar-refractivity contribution in [2.75, 3.05) is 0 Å². The van der Waals surface area contributed by atoms with Crippen LogP contribution in [-0.2, 0) is 5.75 Å². The van der Waals surface area contributed by atoms with E-state index in [2.05, 4.69) is 11.4 Å². The zero-order chi connectivity index (χ0) is 6.69. The lowest BCUT2D eigenvalue weighted by atomic mass is 10.4. The number of hydrogen-bond acceptors (Lipinski definition) is 3. The van der Waals surface area contributed by atoms with E-state index in [1.807, 2.05) is 13.0 Å². The van der Waals surface area contributed by atoms with Crippen LogP contribution in [0, 0.1) is 13.2 Å². The minimum absolute atomic E-state index is 0.831. The molecule has 1 rings (SSSR count). The number of thioether (sulfide) groups is 1. The molecule has 0 N–H and O–H groups in total. The Morgan fingerprint density at radius 3 is 3.11 bits per heavy atom. The molecule has 1 aromatic heterocycles. The van der Waals surface area contributed by atoms with E-state index in [0.717, 1.165) is 17.2 Å². The average molecular weight is 142 g/mol. The first-order chi connectivity index (χ1) is 4.33. The topological polar surface area (TPSA) is 26.0 Å². The van der Waals surface area contributed by atoms with Crippen LogP contribution in [0.25, 0.3) is 0 Å². The van der Waals surface area contributed by atoms with Crippen molar-refractivity contribution < 1.29 is 4.52 Å². The maximum atomic E-state index is 4.83. The first-order valence-electron chi connectivity index (χ1n) is 2.62. The second-order valence-electron chi connectivity index (χ2n) is 1.78. The van der Waals surface area contributed by atoms with Gasteiger partial charge in [0.25, 0.3) is 0 Å². The summed E-state index contributed by atoms with van der Waals surface area (Å²) in [6.45, 7) is 1.88. The summed E-state index contributed by atoms with van der Waals surface area (Å²) in [7, 11) is 0. The Morgan fingerprint density at radius 1 is 1.89 bits per heavy atom. The molecular weight excluding hydrogens is 134 g/mol. The molecule has 3 heteroatoms. The molecule has 0 saturated carbocycles. The molecule has 49 valence electrons. The predicted molar refractivity (Wildman–Crippen MR) is 37.9 cm³/mol. The number of nitrogens with zero attached hydrogens (tertiary/aromatic N) is 1. The maximum Gasteiger partial charge on any atom is 0.133 e. The Bertz CT molecular complexity index is 185. The standard InChI is InChI=1S/C6H8NOS/c1-5-3-6(4-9-2)7-8-5/h3H,2,4H2,1H3. The van der Waals surface area contributed by atoms with E-state index in [0.29, 0.717) is 0 Å².